The minimum Gasteiger partial charge on any atom is -0.457 e. The van der Waals surface area contributed by atoms with Crippen molar-refractivity contribution in [2.45, 2.75) is 19.3 Å². The summed E-state index contributed by atoms with van der Waals surface area (Å²) in [4.78, 5) is 9.94. The van der Waals surface area contributed by atoms with Crippen LogP contribution in [0.15, 0.2) is 127 Å². The number of rotatable bonds is 4. The number of aromatic nitrogens is 2. The van der Waals surface area contributed by atoms with Crippen LogP contribution in [-0.2, 0) is 5.41 Å². The molecule has 0 aliphatic carbocycles. The number of hydrogen-bond donors (Lipinski definition) is 0. The maximum absolute atomic E-state index is 9.81. The van der Waals surface area contributed by atoms with Crippen molar-refractivity contribution in [1.82, 2.24) is 9.97 Å². The molecule has 4 heteroatoms. The second-order valence-corrected chi connectivity index (χ2v) is 11.0. The number of benzene rings is 5. The summed E-state index contributed by atoms with van der Waals surface area (Å²) in [7, 11) is 0. The van der Waals surface area contributed by atoms with Crippen LogP contribution in [0.25, 0.3) is 45.0 Å². The number of ether oxygens (including phenoxy) is 1. The lowest BCUT2D eigenvalue weighted by Crippen LogP contribution is -2.25. The van der Waals surface area contributed by atoms with E-state index in [0.29, 0.717) is 11.4 Å². The van der Waals surface area contributed by atoms with Crippen LogP contribution in [0.2, 0.25) is 0 Å². The molecule has 0 saturated heterocycles. The van der Waals surface area contributed by atoms with Gasteiger partial charge in [0.1, 0.15) is 11.5 Å². The molecular weight excluding hydrogens is 514 g/mol. The van der Waals surface area contributed by atoms with Crippen LogP contribution in [-0.4, -0.2) is 9.97 Å². The molecule has 0 radical (unpaired) electrons. The molecule has 0 saturated carbocycles. The Hall–Kier alpha value is -5.53. The maximum atomic E-state index is 9.81. The maximum Gasteiger partial charge on any atom is 0.160 e. The minimum absolute atomic E-state index is 0.398. The Morgan fingerprint density at radius 3 is 1.93 bits per heavy atom. The Kier molecular flexibility index (Phi) is 6.14. The van der Waals surface area contributed by atoms with Gasteiger partial charge in [0.2, 0.25) is 0 Å². The van der Waals surface area contributed by atoms with E-state index < -0.39 is 5.41 Å². The van der Waals surface area contributed by atoms with Gasteiger partial charge in [-0.15, -0.1) is 0 Å². The van der Waals surface area contributed by atoms with Gasteiger partial charge in [0, 0.05) is 33.2 Å². The normalized spacial score (nSPS) is 12.9. The molecular formula is C38H27N3O. The highest BCUT2D eigenvalue weighted by Gasteiger charge is 2.36. The second-order valence-electron chi connectivity index (χ2n) is 11.0. The predicted octanol–water partition coefficient (Wildman–Crippen LogP) is 9.45. The quantitative estimate of drug-likeness (QED) is 0.223. The molecule has 7 rings (SSSR count). The molecule has 1 aromatic heterocycles. The molecule has 6 aromatic rings. The average Bonchev–Trinajstić information content (AvgIpc) is 3.05. The van der Waals surface area contributed by atoms with Gasteiger partial charge in [0.05, 0.1) is 23.0 Å². The monoisotopic (exact) mass is 541 g/mol. The summed E-state index contributed by atoms with van der Waals surface area (Å²) in [6, 6.07) is 45.2. The first-order chi connectivity index (χ1) is 20.5. The van der Waals surface area contributed by atoms with Gasteiger partial charge < -0.3 is 4.74 Å². The summed E-state index contributed by atoms with van der Waals surface area (Å²) in [5.41, 5.74) is 9.14. The molecule has 4 nitrogen and oxygen atoms in total. The van der Waals surface area contributed by atoms with Gasteiger partial charge in [-0.05, 0) is 47.5 Å². The smallest absolute Gasteiger partial charge is 0.160 e. The topological polar surface area (TPSA) is 58.8 Å². The van der Waals surface area contributed by atoms with E-state index in [0.717, 1.165) is 61.8 Å². The van der Waals surface area contributed by atoms with Crippen LogP contribution < -0.4 is 4.74 Å². The number of nitriles is 1. The van der Waals surface area contributed by atoms with Crippen LogP contribution in [0.5, 0.6) is 11.5 Å². The molecule has 0 amide bonds. The van der Waals surface area contributed by atoms with Gasteiger partial charge >= 0.3 is 0 Å². The molecule has 1 aliphatic heterocycles. The van der Waals surface area contributed by atoms with Crippen LogP contribution in [0.4, 0.5) is 0 Å². The van der Waals surface area contributed by atoms with Crippen molar-refractivity contribution in [3.05, 3.63) is 144 Å². The van der Waals surface area contributed by atoms with Gasteiger partial charge in [-0.2, -0.15) is 5.26 Å². The summed E-state index contributed by atoms with van der Waals surface area (Å²) in [6.07, 6.45) is 0. The largest absolute Gasteiger partial charge is 0.457 e. The SMILES string of the molecule is CC1(C)c2cc(-c3cccc(-c4cc(-c5ccccc5)nc(-c5ccccc5)n4)c3)ccc2Oc2cccc(C#N)c21. The van der Waals surface area contributed by atoms with Crippen molar-refractivity contribution in [3.8, 4) is 62.6 Å². The number of nitrogens with zero attached hydrogens (tertiary/aromatic N) is 3. The molecule has 1 aliphatic rings. The van der Waals surface area contributed by atoms with Crippen LogP contribution >= 0.6 is 0 Å². The van der Waals surface area contributed by atoms with Gasteiger partial charge in [-0.3, -0.25) is 0 Å². The fourth-order valence-electron chi connectivity index (χ4n) is 5.82. The molecule has 0 N–H and O–H groups in total. The third kappa shape index (κ3) is 4.42. The van der Waals surface area contributed by atoms with Crippen molar-refractivity contribution in [3.63, 3.8) is 0 Å². The first-order valence-corrected chi connectivity index (χ1v) is 14.0. The van der Waals surface area contributed by atoms with E-state index in [1.165, 1.54) is 0 Å². The fourth-order valence-corrected chi connectivity index (χ4v) is 5.82. The predicted molar refractivity (Wildman–Crippen MR) is 167 cm³/mol. The number of hydrogen-bond acceptors (Lipinski definition) is 4. The molecule has 0 fully saturated rings. The van der Waals surface area contributed by atoms with E-state index >= 15 is 0 Å². The second kappa shape index (κ2) is 10.1. The standard InChI is InChI=1S/C38H27N3O/c1-38(2)31-22-28(19-20-34(31)42-35-18-10-17-30(24-39)36(35)38)27-15-9-16-29(21-27)33-23-32(25-11-5-3-6-12-25)40-37(41-33)26-13-7-4-8-14-26/h3-23H,1-2H3. The zero-order valence-electron chi connectivity index (χ0n) is 23.4. The summed E-state index contributed by atoms with van der Waals surface area (Å²) in [5, 5.41) is 9.81. The zero-order chi connectivity index (χ0) is 28.7. The highest BCUT2D eigenvalue weighted by molar-refractivity contribution is 5.77. The van der Waals surface area contributed by atoms with E-state index in [4.69, 9.17) is 14.7 Å². The van der Waals surface area contributed by atoms with Crippen molar-refractivity contribution in [2.24, 2.45) is 0 Å². The summed E-state index contributed by atoms with van der Waals surface area (Å²) >= 11 is 0. The number of fused-ring (bicyclic) bond motifs is 2. The highest BCUT2D eigenvalue weighted by atomic mass is 16.5. The van der Waals surface area contributed by atoms with Gasteiger partial charge in [-0.25, -0.2) is 9.97 Å². The molecule has 0 spiro atoms. The summed E-state index contributed by atoms with van der Waals surface area (Å²) < 4.78 is 6.28. The van der Waals surface area contributed by atoms with Crippen LogP contribution in [0.3, 0.4) is 0 Å². The van der Waals surface area contributed by atoms with Crippen molar-refractivity contribution >= 4 is 0 Å². The first-order valence-electron chi connectivity index (χ1n) is 14.0. The van der Waals surface area contributed by atoms with E-state index in [1.54, 1.807) is 0 Å². The van der Waals surface area contributed by atoms with Gasteiger partial charge in [0.15, 0.2) is 5.82 Å². The lowest BCUT2D eigenvalue weighted by atomic mass is 9.73. The Balaban J connectivity index is 1.33. The fraction of sp³-hybridized carbons (Fsp3) is 0.0789. The summed E-state index contributed by atoms with van der Waals surface area (Å²) in [6.45, 7) is 4.32. The van der Waals surface area contributed by atoms with E-state index in [9.17, 15) is 5.26 Å². The molecule has 42 heavy (non-hydrogen) atoms. The van der Waals surface area contributed by atoms with Crippen molar-refractivity contribution in [1.29, 1.82) is 5.26 Å². The molecule has 0 atom stereocenters. The third-order valence-corrected chi connectivity index (χ3v) is 7.96. The van der Waals surface area contributed by atoms with Crippen LogP contribution in [0, 0.1) is 11.3 Å². The average molecular weight is 542 g/mol. The molecule has 2 heterocycles. The molecule has 0 unspecified atom stereocenters. The Morgan fingerprint density at radius 2 is 1.19 bits per heavy atom. The lowest BCUT2D eigenvalue weighted by Gasteiger charge is -2.35. The first kappa shape index (κ1) is 25.4. The Morgan fingerprint density at radius 1 is 0.571 bits per heavy atom. The Labute approximate surface area is 245 Å². The highest BCUT2D eigenvalue weighted by Crippen LogP contribution is 2.50. The molecule has 5 aromatic carbocycles. The van der Waals surface area contributed by atoms with Crippen LogP contribution in [0.1, 0.15) is 30.5 Å². The molecule has 0 bridgehead atoms. The van der Waals surface area contributed by atoms with Crippen molar-refractivity contribution < 1.29 is 4.74 Å². The van der Waals surface area contributed by atoms with E-state index in [1.807, 2.05) is 72.8 Å². The molecule has 200 valence electrons. The third-order valence-electron chi connectivity index (χ3n) is 7.96. The van der Waals surface area contributed by atoms with Gasteiger partial charge in [-0.1, -0.05) is 105 Å². The zero-order valence-corrected chi connectivity index (χ0v) is 23.4. The van der Waals surface area contributed by atoms with E-state index in [2.05, 4.69) is 74.5 Å². The summed E-state index contributed by atoms with van der Waals surface area (Å²) in [5.74, 6) is 2.25. The van der Waals surface area contributed by atoms with Crippen molar-refractivity contribution in [2.75, 3.05) is 0 Å². The van der Waals surface area contributed by atoms with Gasteiger partial charge in [0.25, 0.3) is 0 Å². The Bertz CT molecular complexity index is 1930. The lowest BCUT2D eigenvalue weighted by molar-refractivity contribution is 0.417. The minimum atomic E-state index is -0.398. The van der Waals surface area contributed by atoms with E-state index in [-0.39, 0.29) is 0 Å².